The van der Waals surface area contributed by atoms with Gasteiger partial charge in [0, 0.05) is 21.7 Å². The van der Waals surface area contributed by atoms with E-state index in [4.69, 9.17) is 16.0 Å². The Morgan fingerprint density at radius 1 is 1.04 bits per heavy atom. The monoisotopic (exact) mass is 409 g/mol. The average Bonchev–Trinajstić information content (AvgIpc) is 3.17. The van der Waals surface area contributed by atoms with Gasteiger partial charge in [-0.25, -0.2) is 0 Å². The lowest BCUT2D eigenvalue weighted by atomic mass is 10.1. The molecule has 0 radical (unpaired) electrons. The maximum atomic E-state index is 12.6. The molecule has 0 saturated heterocycles. The second kappa shape index (κ2) is 8.04. The third kappa shape index (κ3) is 4.03. The highest BCUT2D eigenvalue weighted by molar-refractivity contribution is 8.00. The molecule has 0 saturated carbocycles. The van der Waals surface area contributed by atoms with E-state index in [1.54, 1.807) is 31.2 Å². The maximum Gasteiger partial charge on any atom is 0.277 e. The molecule has 3 aromatic carbocycles. The number of thioether (sulfide) groups is 1. The molecule has 1 atom stereocenters. The number of hydrogen-bond donors (Lipinski definition) is 1. The van der Waals surface area contributed by atoms with E-state index in [0.29, 0.717) is 16.1 Å². The molecule has 7 heteroatoms. The molecular formula is C21H16ClN3O2S. The zero-order chi connectivity index (χ0) is 19.5. The van der Waals surface area contributed by atoms with Gasteiger partial charge in [0.2, 0.25) is 11.8 Å². The maximum absolute atomic E-state index is 12.6. The van der Waals surface area contributed by atoms with Gasteiger partial charge >= 0.3 is 0 Å². The summed E-state index contributed by atoms with van der Waals surface area (Å²) in [6.45, 7) is 1.80. The topological polar surface area (TPSA) is 68.0 Å². The van der Waals surface area contributed by atoms with E-state index in [2.05, 4.69) is 15.5 Å². The van der Waals surface area contributed by atoms with E-state index < -0.39 is 5.25 Å². The molecule has 1 N–H and O–H groups in total. The van der Waals surface area contributed by atoms with Crippen molar-refractivity contribution in [2.45, 2.75) is 17.4 Å². The van der Waals surface area contributed by atoms with Crippen LogP contribution in [0.4, 0.5) is 5.69 Å². The number of rotatable bonds is 5. The highest BCUT2D eigenvalue weighted by atomic mass is 35.5. The van der Waals surface area contributed by atoms with Gasteiger partial charge in [-0.2, -0.15) is 0 Å². The van der Waals surface area contributed by atoms with E-state index >= 15 is 0 Å². The number of benzene rings is 3. The summed E-state index contributed by atoms with van der Waals surface area (Å²) in [5.41, 5.74) is 1.56. The molecule has 0 fully saturated rings. The number of halogens is 1. The predicted octanol–water partition coefficient (Wildman–Crippen LogP) is 5.66. The van der Waals surface area contributed by atoms with Crippen LogP contribution in [0, 0.1) is 0 Å². The fraction of sp³-hybridized carbons (Fsp3) is 0.0952. The zero-order valence-corrected chi connectivity index (χ0v) is 16.5. The van der Waals surface area contributed by atoms with Crippen LogP contribution in [0.25, 0.3) is 22.2 Å². The van der Waals surface area contributed by atoms with E-state index in [1.807, 2.05) is 42.5 Å². The fourth-order valence-corrected chi connectivity index (χ4v) is 3.55. The van der Waals surface area contributed by atoms with Crippen molar-refractivity contribution in [3.8, 4) is 11.5 Å². The van der Waals surface area contributed by atoms with Crippen LogP contribution >= 0.6 is 23.4 Å². The van der Waals surface area contributed by atoms with E-state index in [-0.39, 0.29) is 5.91 Å². The van der Waals surface area contributed by atoms with Crippen molar-refractivity contribution in [3.05, 3.63) is 71.8 Å². The van der Waals surface area contributed by atoms with Crippen LogP contribution in [-0.2, 0) is 4.79 Å². The minimum atomic E-state index is -0.405. The summed E-state index contributed by atoms with van der Waals surface area (Å²) >= 11 is 7.11. The lowest BCUT2D eigenvalue weighted by Crippen LogP contribution is -2.22. The number of fused-ring (bicyclic) bond motifs is 1. The van der Waals surface area contributed by atoms with Crippen LogP contribution in [0.5, 0.6) is 0 Å². The molecule has 1 unspecified atom stereocenters. The van der Waals surface area contributed by atoms with E-state index in [9.17, 15) is 4.79 Å². The number of nitrogens with zero attached hydrogens (tertiary/aromatic N) is 2. The van der Waals surface area contributed by atoms with Crippen molar-refractivity contribution in [1.29, 1.82) is 0 Å². The lowest BCUT2D eigenvalue weighted by Gasteiger charge is -2.12. The molecule has 140 valence electrons. The highest BCUT2D eigenvalue weighted by Crippen LogP contribution is 2.28. The average molecular weight is 410 g/mol. The van der Waals surface area contributed by atoms with Crippen molar-refractivity contribution >= 4 is 45.7 Å². The van der Waals surface area contributed by atoms with Crippen molar-refractivity contribution in [2.75, 3.05) is 5.32 Å². The number of carbonyl (C=O) groups is 1. The lowest BCUT2D eigenvalue weighted by molar-refractivity contribution is -0.115. The van der Waals surface area contributed by atoms with Gasteiger partial charge in [0.25, 0.3) is 5.22 Å². The minimum absolute atomic E-state index is 0.132. The molecule has 0 spiro atoms. The molecule has 0 aliphatic carbocycles. The molecule has 5 nitrogen and oxygen atoms in total. The van der Waals surface area contributed by atoms with Crippen molar-refractivity contribution in [2.24, 2.45) is 0 Å². The second-order valence-electron chi connectivity index (χ2n) is 6.16. The third-order valence-electron chi connectivity index (χ3n) is 4.19. The van der Waals surface area contributed by atoms with Gasteiger partial charge in [0.05, 0.1) is 5.25 Å². The van der Waals surface area contributed by atoms with Crippen molar-refractivity contribution in [3.63, 3.8) is 0 Å². The van der Waals surface area contributed by atoms with Crippen molar-refractivity contribution < 1.29 is 9.21 Å². The molecule has 1 amide bonds. The quantitative estimate of drug-likeness (QED) is 0.430. The molecule has 0 bridgehead atoms. The van der Waals surface area contributed by atoms with Gasteiger partial charge in [0.1, 0.15) is 0 Å². The molecule has 1 aromatic heterocycles. The van der Waals surface area contributed by atoms with Gasteiger partial charge in [-0.1, -0.05) is 59.8 Å². The summed E-state index contributed by atoms with van der Waals surface area (Å²) in [5, 5.41) is 13.7. The number of hydrogen-bond acceptors (Lipinski definition) is 5. The van der Waals surface area contributed by atoms with Crippen LogP contribution in [0.3, 0.4) is 0 Å². The first-order valence-electron chi connectivity index (χ1n) is 8.65. The third-order valence-corrected chi connectivity index (χ3v) is 5.38. The standard InChI is InChI=1S/C21H16ClN3O2S/c1-13(19(26)23-18-8-4-6-14-5-2-3-7-17(14)18)28-21-25-24-20(27-21)15-9-11-16(22)12-10-15/h2-13H,1H3,(H,23,26). The molecule has 4 aromatic rings. The summed E-state index contributed by atoms with van der Waals surface area (Å²) in [6.07, 6.45) is 0. The SMILES string of the molecule is CC(Sc1nnc(-c2ccc(Cl)cc2)o1)C(=O)Nc1cccc2ccccc12. The fourth-order valence-electron chi connectivity index (χ4n) is 2.74. The molecule has 28 heavy (non-hydrogen) atoms. The van der Waals surface area contributed by atoms with Crippen LogP contribution < -0.4 is 5.32 Å². The van der Waals surface area contributed by atoms with Crippen LogP contribution in [0.2, 0.25) is 5.02 Å². The Morgan fingerprint density at radius 2 is 1.79 bits per heavy atom. The first kappa shape index (κ1) is 18.5. The predicted molar refractivity (Wildman–Crippen MR) is 113 cm³/mol. The van der Waals surface area contributed by atoms with Crippen LogP contribution in [0.15, 0.2) is 76.4 Å². The van der Waals surface area contributed by atoms with E-state index in [1.165, 1.54) is 11.8 Å². The second-order valence-corrected chi connectivity index (χ2v) is 7.88. The van der Waals surface area contributed by atoms with E-state index in [0.717, 1.165) is 22.0 Å². The van der Waals surface area contributed by atoms with Gasteiger partial charge in [0.15, 0.2) is 0 Å². The molecule has 4 rings (SSSR count). The first-order chi connectivity index (χ1) is 13.6. The first-order valence-corrected chi connectivity index (χ1v) is 9.90. The van der Waals surface area contributed by atoms with Gasteiger partial charge in [-0.15, -0.1) is 10.2 Å². The molecular weight excluding hydrogens is 394 g/mol. The number of aromatic nitrogens is 2. The Morgan fingerprint density at radius 3 is 2.61 bits per heavy atom. The number of anilines is 1. The Labute approximate surface area is 171 Å². The van der Waals surface area contributed by atoms with Gasteiger partial charge in [-0.05, 0) is 42.6 Å². The summed E-state index contributed by atoms with van der Waals surface area (Å²) in [6, 6.07) is 20.9. The van der Waals surface area contributed by atoms with Gasteiger partial charge in [-0.3, -0.25) is 4.79 Å². The summed E-state index contributed by atoms with van der Waals surface area (Å²) in [5.74, 6) is 0.258. The van der Waals surface area contributed by atoms with Crippen LogP contribution in [-0.4, -0.2) is 21.4 Å². The highest BCUT2D eigenvalue weighted by Gasteiger charge is 2.19. The number of amides is 1. The van der Waals surface area contributed by atoms with Gasteiger partial charge < -0.3 is 9.73 Å². The Hall–Kier alpha value is -2.83. The Kier molecular flexibility index (Phi) is 5.32. The zero-order valence-electron chi connectivity index (χ0n) is 14.9. The molecule has 0 aliphatic rings. The van der Waals surface area contributed by atoms with Crippen LogP contribution in [0.1, 0.15) is 6.92 Å². The number of nitrogens with one attached hydrogen (secondary N) is 1. The Balaban J connectivity index is 1.45. The largest absolute Gasteiger partial charge is 0.411 e. The molecule has 0 aliphatic heterocycles. The Bertz CT molecular complexity index is 1120. The summed E-state index contributed by atoms with van der Waals surface area (Å²) in [7, 11) is 0. The molecule has 1 heterocycles. The summed E-state index contributed by atoms with van der Waals surface area (Å²) < 4.78 is 5.67. The normalized spacial score (nSPS) is 12.1. The number of carbonyl (C=O) groups excluding carboxylic acids is 1. The minimum Gasteiger partial charge on any atom is -0.411 e. The smallest absolute Gasteiger partial charge is 0.277 e. The van der Waals surface area contributed by atoms with Crippen molar-refractivity contribution in [1.82, 2.24) is 10.2 Å². The summed E-state index contributed by atoms with van der Waals surface area (Å²) in [4.78, 5) is 12.6.